The second-order valence-electron chi connectivity index (χ2n) is 3.84. The Morgan fingerprint density at radius 2 is 2.16 bits per heavy atom. The van der Waals surface area contributed by atoms with Gasteiger partial charge in [0.2, 0.25) is 0 Å². The normalized spacial score (nSPS) is 10.3. The van der Waals surface area contributed by atoms with Gasteiger partial charge in [0.05, 0.1) is 17.7 Å². The van der Waals surface area contributed by atoms with Gasteiger partial charge in [0.25, 0.3) is 0 Å². The molecule has 92 valence electrons. The molecule has 2 heterocycles. The van der Waals surface area contributed by atoms with Crippen LogP contribution in [0, 0.1) is 11.3 Å². The number of benzene rings is 1. The van der Waals surface area contributed by atoms with Crippen LogP contribution in [0.5, 0.6) is 0 Å². The number of aromatic nitrogens is 5. The lowest BCUT2D eigenvalue weighted by Crippen LogP contribution is -2.05. The van der Waals surface area contributed by atoms with E-state index < -0.39 is 0 Å². The molecule has 3 aromatic rings. The lowest BCUT2D eigenvalue weighted by Gasteiger charge is -2.08. The van der Waals surface area contributed by atoms with E-state index in [1.165, 1.54) is 6.33 Å². The van der Waals surface area contributed by atoms with E-state index >= 15 is 0 Å². The maximum absolute atomic E-state index is 9.11. The van der Waals surface area contributed by atoms with Gasteiger partial charge < -0.3 is 5.32 Å². The average Bonchev–Trinajstić information content (AvgIpc) is 2.97. The Balaban J connectivity index is 2.02. The zero-order valence-electron chi connectivity index (χ0n) is 9.83. The fourth-order valence-electron chi connectivity index (χ4n) is 1.80. The van der Waals surface area contributed by atoms with Crippen LogP contribution in [-0.2, 0) is 6.54 Å². The third-order valence-electron chi connectivity index (χ3n) is 2.67. The smallest absolute Gasteiger partial charge is 0.186 e. The van der Waals surface area contributed by atoms with Crippen molar-refractivity contribution >= 4 is 16.6 Å². The Morgan fingerprint density at radius 3 is 2.95 bits per heavy atom. The van der Waals surface area contributed by atoms with E-state index in [1.807, 2.05) is 30.3 Å². The second-order valence-corrected chi connectivity index (χ2v) is 3.84. The third-order valence-corrected chi connectivity index (χ3v) is 2.67. The van der Waals surface area contributed by atoms with E-state index in [9.17, 15) is 0 Å². The number of hydrogen-bond donors (Lipinski definition) is 2. The molecule has 0 aliphatic carbocycles. The third kappa shape index (κ3) is 2.07. The topological polar surface area (TPSA) is 103 Å². The summed E-state index contributed by atoms with van der Waals surface area (Å²) in [6.07, 6.45) is 1.44. The quantitative estimate of drug-likeness (QED) is 0.725. The van der Waals surface area contributed by atoms with Crippen LogP contribution in [-0.4, -0.2) is 25.4 Å². The van der Waals surface area contributed by atoms with Crippen LogP contribution >= 0.6 is 0 Å². The van der Waals surface area contributed by atoms with Crippen molar-refractivity contribution < 1.29 is 0 Å². The van der Waals surface area contributed by atoms with Crippen LogP contribution in [0.2, 0.25) is 0 Å². The maximum atomic E-state index is 9.11. The minimum Gasteiger partial charge on any atom is -0.375 e. The molecule has 0 fully saturated rings. The van der Waals surface area contributed by atoms with E-state index in [0.29, 0.717) is 18.1 Å². The van der Waals surface area contributed by atoms with Crippen molar-refractivity contribution in [1.29, 1.82) is 5.26 Å². The molecule has 0 bridgehead atoms. The predicted octanol–water partition coefficient (Wildman–Crippen LogP) is 1.23. The molecule has 0 spiro atoms. The zero-order chi connectivity index (χ0) is 13.1. The number of nitrogens with zero attached hydrogens (tertiary/aromatic N) is 5. The number of rotatable bonds is 3. The van der Waals surface area contributed by atoms with Gasteiger partial charge in [0.1, 0.15) is 18.2 Å². The van der Waals surface area contributed by atoms with E-state index in [1.54, 1.807) is 0 Å². The molecule has 7 heteroatoms. The first-order valence-corrected chi connectivity index (χ1v) is 5.62. The molecule has 0 amide bonds. The highest BCUT2D eigenvalue weighted by Gasteiger charge is 2.10. The van der Waals surface area contributed by atoms with Gasteiger partial charge in [-0.25, -0.2) is 4.98 Å². The molecule has 0 aliphatic heterocycles. The minimum absolute atomic E-state index is 0.262. The van der Waals surface area contributed by atoms with E-state index in [-0.39, 0.29) is 5.69 Å². The molecule has 7 nitrogen and oxygen atoms in total. The molecule has 2 aromatic heterocycles. The summed E-state index contributed by atoms with van der Waals surface area (Å²) in [6, 6.07) is 9.55. The average molecular weight is 251 g/mol. The number of anilines is 1. The number of aromatic amines is 1. The van der Waals surface area contributed by atoms with Crippen LogP contribution in [0.15, 0.2) is 30.6 Å². The molecular formula is C12H9N7. The van der Waals surface area contributed by atoms with Crippen molar-refractivity contribution in [2.75, 3.05) is 5.32 Å². The lowest BCUT2D eigenvalue weighted by atomic mass is 10.1. The summed E-state index contributed by atoms with van der Waals surface area (Å²) in [5, 5.41) is 27.5. The van der Waals surface area contributed by atoms with Crippen molar-refractivity contribution in [3.63, 3.8) is 0 Å². The first kappa shape index (κ1) is 11.1. The van der Waals surface area contributed by atoms with Crippen LogP contribution in [0.3, 0.4) is 0 Å². The van der Waals surface area contributed by atoms with Crippen LogP contribution < -0.4 is 5.32 Å². The number of nitrogens with one attached hydrogen (secondary N) is 2. The van der Waals surface area contributed by atoms with Crippen molar-refractivity contribution in [3.8, 4) is 6.07 Å². The van der Waals surface area contributed by atoms with Crippen molar-refractivity contribution in [2.45, 2.75) is 6.54 Å². The van der Waals surface area contributed by atoms with Crippen molar-refractivity contribution in [1.82, 2.24) is 25.4 Å². The van der Waals surface area contributed by atoms with E-state index in [0.717, 1.165) is 10.9 Å². The summed E-state index contributed by atoms with van der Waals surface area (Å²) in [5.41, 5.74) is 1.66. The largest absolute Gasteiger partial charge is 0.375 e. The highest BCUT2D eigenvalue weighted by molar-refractivity contribution is 5.92. The van der Waals surface area contributed by atoms with Gasteiger partial charge >= 0.3 is 0 Å². The highest BCUT2D eigenvalue weighted by Crippen LogP contribution is 2.23. The fraction of sp³-hybridized carbons (Fsp3) is 0.0833. The fourth-order valence-corrected chi connectivity index (χ4v) is 1.80. The Labute approximate surface area is 108 Å². The summed E-state index contributed by atoms with van der Waals surface area (Å²) < 4.78 is 0. The van der Waals surface area contributed by atoms with Gasteiger partial charge in [-0.1, -0.05) is 18.2 Å². The lowest BCUT2D eigenvalue weighted by molar-refractivity contribution is 0.949. The molecule has 0 aliphatic rings. The molecule has 19 heavy (non-hydrogen) atoms. The van der Waals surface area contributed by atoms with Gasteiger partial charge in [-0.15, -0.1) is 10.2 Å². The van der Waals surface area contributed by atoms with Gasteiger partial charge in [0, 0.05) is 5.39 Å². The number of fused-ring (bicyclic) bond motifs is 1. The molecule has 1 aromatic carbocycles. The predicted molar refractivity (Wildman–Crippen MR) is 68.0 cm³/mol. The monoisotopic (exact) mass is 251 g/mol. The molecule has 0 radical (unpaired) electrons. The second kappa shape index (κ2) is 4.70. The molecule has 0 saturated carbocycles. The molecule has 0 atom stereocenters. The Kier molecular flexibility index (Phi) is 2.74. The molecular weight excluding hydrogens is 242 g/mol. The molecule has 0 unspecified atom stereocenters. The maximum Gasteiger partial charge on any atom is 0.186 e. The van der Waals surface area contributed by atoms with Crippen LogP contribution in [0.25, 0.3) is 10.9 Å². The Hall–Kier alpha value is -3.01. The summed E-state index contributed by atoms with van der Waals surface area (Å²) in [4.78, 5) is 4.02. The first-order chi connectivity index (χ1) is 9.38. The summed E-state index contributed by atoms with van der Waals surface area (Å²) in [6.45, 7) is 0.435. The Morgan fingerprint density at radius 1 is 1.26 bits per heavy atom. The van der Waals surface area contributed by atoms with Crippen molar-refractivity contribution in [3.05, 3.63) is 42.1 Å². The summed E-state index contributed by atoms with van der Waals surface area (Å²) in [7, 11) is 0. The number of nitriles is 1. The Bertz CT molecular complexity index is 742. The van der Waals surface area contributed by atoms with Gasteiger partial charge in [-0.2, -0.15) is 10.4 Å². The van der Waals surface area contributed by atoms with E-state index in [2.05, 4.69) is 30.7 Å². The van der Waals surface area contributed by atoms with Gasteiger partial charge in [-0.05, 0) is 6.07 Å². The standard InChI is InChI=1S/C12H9N7/c13-5-10-12(14-6-11-15-7-16-19-11)8-3-1-2-4-9(8)17-18-10/h1-4,7H,6H2,(H,14,17)(H,15,16,19). The summed E-state index contributed by atoms with van der Waals surface area (Å²) in [5.74, 6) is 0.685. The summed E-state index contributed by atoms with van der Waals surface area (Å²) >= 11 is 0. The molecule has 0 saturated heterocycles. The van der Waals surface area contributed by atoms with Crippen molar-refractivity contribution in [2.24, 2.45) is 0 Å². The molecule has 2 N–H and O–H groups in total. The number of H-pyrrole nitrogens is 1. The molecule has 3 rings (SSSR count). The van der Waals surface area contributed by atoms with Gasteiger partial charge in [0.15, 0.2) is 5.69 Å². The zero-order valence-corrected chi connectivity index (χ0v) is 9.83. The van der Waals surface area contributed by atoms with Gasteiger partial charge in [-0.3, -0.25) is 5.10 Å². The SMILES string of the molecule is N#Cc1nnc2ccccc2c1NCc1ncn[nH]1. The van der Waals surface area contributed by atoms with Crippen LogP contribution in [0.1, 0.15) is 11.5 Å². The first-order valence-electron chi connectivity index (χ1n) is 5.62. The van der Waals surface area contributed by atoms with E-state index in [4.69, 9.17) is 5.26 Å². The highest BCUT2D eigenvalue weighted by atomic mass is 15.2. The number of hydrogen-bond acceptors (Lipinski definition) is 6. The minimum atomic E-state index is 0.262. The van der Waals surface area contributed by atoms with Crippen LogP contribution in [0.4, 0.5) is 5.69 Å².